The maximum absolute atomic E-state index is 14.1. The molecule has 0 amide bonds. The lowest BCUT2D eigenvalue weighted by atomic mass is 10.0. The normalized spacial score (nSPS) is 16.7. The molecule has 4 rings (SSSR count). The van der Waals surface area contributed by atoms with E-state index in [0.29, 0.717) is 23.8 Å². The third-order valence-electron chi connectivity index (χ3n) is 5.13. The van der Waals surface area contributed by atoms with Crippen molar-refractivity contribution in [3.8, 4) is 17.1 Å². The van der Waals surface area contributed by atoms with Crippen LogP contribution in [0.2, 0.25) is 5.02 Å². The molecule has 0 bridgehead atoms. The highest BCUT2D eigenvalue weighted by Gasteiger charge is 2.28. The monoisotopic (exact) mass is 483 g/mol. The number of hydrogen-bond acceptors (Lipinski definition) is 6. The lowest BCUT2D eigenvalue weighted by molar-refractivity contribution is 0.432. The topological polar surface area (TPSA) is 75.9 Å². The number of thioether (sulfide) groups is 1. The van der Waals surface area contributed by atoms with E-state index in [-0.39, 0.29) is 45.6 Å². The van der Waals surface area contributed by atoms with Crippen molar-refractivity contribution in [3.05, 3.63) is 73.7 Å². The summed E-state index contributed by atoms with van der Waals surface area (Å²) in [6.07, 6.45) is 0.248. The van der Waals surface area contributed by atoms with Crippen molar-refractivity contribution in [2.45, 2.75) is 25.5 Å². The molecule has 0 saturated heterocycles. The van der Waals surface area contributed by atoms with Gasteiger partial charge in [0, 0.05) is 35.9 Å². The Kier molecular flexibility index (Phi) is 6.13. The Morgan fingerprint density at radius 1 is 1.12 bits per heavy atom. The third-order valence-corrected chi connectivity index (χ3v) is 6.70. The molecule has 1 aliphatic heterocycles. The van der Waals surface area contributed by atoms with Crippen molar-refractivity contribution < 1.29 is 27.1 Å². The van der Waals surface area contributed by atoms with E-state index < -0.39 is 28.1 Å². The first kappa shape index (κ1) is 22.5. The second-order valence-electron chi connectivity index (χ2n) is 7.25. The van der Waals surface area contributed by atoms with Crippen LogP contribution < -0.4 is 5.63 Å². The average Bonchev–Trinajstić information content (AvgIpc) is 3.09. The van der Waals surface area contributed by atoms with Crippen LogP contribution in [0, 0.1) is 31.3 Å². The number of nitrogens with zero attached hydrogens (tertiary/aromatic N) is 1. The van der Waals surface area contributed by atoms with E-state index in [1.807, 2.05) is 0 Å². The van der Waals surface area contributed by atoms with Gasteiger partial charge in [-0.1, -0.05) is 11.6 Å². The zero-order valence-electron chi connectivity index (χ0n) is 17.0. The van der Waals surface area contributed by atoms with Gasteiger partial charge in [0.2, 0.25) is 0 Å². The molecular formula is C22H17ClF3NO4S. The van der Waals surface area contributed by atoms with E-state index in [9.17, 15) is 23.1 Å². The summed E-state index contributed by atoms with van der Waals surface area (Å²) in [6, 6.07) is 4.47. The lowest BCUT2D eigenvalue weighted by Crippen LogP contribution is -2.17. The number of hydrogen-bond donors (Lipinski definition) is 1. The van der Waals surface area contributed by atoms with Gasteiger partial charge in [-0.15, -0.1) is 11.8 Å². The van der Waals surface area contributed by atoms with Crippen molar-refractivity contribution in [1.29, 1.82) is 0 Å². The Morgan fingerprint density at radius 2 is 1.88 bits per heavy atom. The Bertz CT molecular complexity index is 1270. The third kappa shape index (κ3) is 3.95. The summed E-state index contributed by atoms with van der Waals surface area (Å²) < 4.78 is 52.7. The van der Waals surface area contributed by atoms with Gasteiger partial charge in [0.15, 0.2) is 17.5 Å². The first-order valence-electron chi connectivity index (χ1n) is 9.60. The van der Waals surface area contributed by atoms with E-state index in [4.69, 9.17) is 20.4 Å². The smallest absolute Gasteiger partial charge is 0.348 e. The molecule has 1 unspecified atom stereocenters. The number of rotatable bonds is 3. The predicted octanol–water partition coefficient (Wildman–Crippen LogP) is 5.96. The molecule has 1 N–H and O–H groups in total. The van der Waals surface area contributed by atoms with Crippen LogP contribution in [-0.2, 0) is 0 Å². The molecule has 0 aliphatic carbocycles. The number of halogens is 4. The average molecular weight is 484 g/mol. The quantitative estimate of drug-likeness (QED) is 0.367. The minimum Gasteiger partial charge on any atom is -0.507 e. The number of aliphatic imine (C=N–C) groups is 1. The highest BCUT2D eigenvalue weighted by Crippen LogP contribution is 2.41. The maximum atomic E-state index is 14.1. The van der Waals surface area contributed by atoms with Crippen LogP contribution in [0.25, 0.3) is 11.3 Å². The zero-order chi connectivity index (χ0) is 23.2. The number of benzene rings is 1. The van der Waals surface area contributed by atoms with Crippen molar-refractivity contribution in [2.24, 2.45) is 4.99 Å². The molecular weight excluding hydrogens is 467 g/mol. The Morgan fingerprint density at radius 3 is 2.59 bits per heavy atom. The minimum atomic E-state index is -1.64. The Labute approximate surface area is 189 Å². The van der Waals surface area contributed by atoms with Crippen molar-refractivity contribution in [3.63, 3.8) is 0 Å². The molecule has 0 fully saturated rings. The molecule has 5 nitrogen and oxygen atoms in total. The first-order chi connectivity index (χ1) is 15.2. The van der Waals surface area contributed by atoms with E-state index in [0.717, 1.165) is 0 Å². The fourth-order valence-corrected chi connectivity index (χ4v) is 4.96. The van der Waals surface area contributed by atoms with Crippen molar-refractivity contribution in [2.75, 3.05) is 12.3 Å². The summed E-state index contributed by atoms with van der Waals surface area (Å²) in [6.45, 7) is 3.25. The summed E-state index contributed by atoms with van der Waals surface area (Å²) in [5.41, 5.74) is -0.563. The number of aryl methyl sites for hydroxylation is 1. The van der Waals surface area contributed by atoms with Crippen LogP contribution in [0.3, 0.4) is 0 Å². The minimum absolute atomic E-state index is 0.00329. The highest BCUT2D eigenvalue weighted by atomic mass is 35.5. The predicted molar refractivity (Wildman–Crippen MR) is 116 cm³/mol. The van der Waals surface area contributed by atoms with Gasteiger partial charge in [0.05, 0.1) is 16.0 Å². The molecule has 168 valence electrons. The van der Waals surface area contributed by atoms with Gasteiger partial charge < -0.3 is 13.9 Å². The van der Waals surface area contributed by atoms with E-state index >= 15 is 0 Å². The molecule has 10 heteroatoms. The van der Waals surface area contributed by atoms with Gasteiger partial charge in [-0.3, -0.25) is 4.99 Å². The van der Waals surface area contributed by atoms with E-state index in [1.165, 1.54) is 30.8 Å². The molecule has 1 aliphatic rings. The SMILES string of the molecule is Cc1cc(O)c(C2=NCCSC(c3ccc(-c4c(C)c(F)c(F)c(F)c4Cl)o3)C2)c(=O)o1. The zero-order valence-corrected chi connectivity index (χ0v) is 18.5. The molecule has 32 heavy (non-hydrogen) atoms. The Hall–Kier alpha value is -2.65. The molecule has 1 aromatic carbocycles. The van der Waals surface area contributed by atoms with Crippen LogP contribution in [0.4, 0.5) is 13.2 Å². The summed E-state index contributed by atoms with van der Waals surface area (Å²) >= 11 is 7.46. The summed E-state index contributed by atoms with van der Waals surface area (Å²) in [4.78, 5) is 16.7. The summed E-state index contributed by atoms with van der Waals surface area (Å²) in [5, 5.41) is 9.40. The molecule has 0 saturated carbocycles. The van der Waals surface area contributed by atoms with E-state index in [1.54, 1.807) is 13.0 Å². The molecule has 2 aromatic heterocycles. The van der Waals surface area contributed by atoms with E-state index in [2.05, 4.69) is 4.99 Å². The van der Waals surface area contributed by atoms with Crippen LogP contribution >= 0.6 is 23.4 Å². The molecule has 3 aromatic rings. The second kappa shape index (κ2) is 8.71. The number of aromatic hydroxyl groups is 1. The van der Waals surface area contributed by atoms with Gasteiger partial charge in [-0.05, 0) is 26.0 Å². The summed E-state index contributed by atoms with van der Waals surface area (Å²) in [5.74, 6) is -3.25. The van der Waals surface area contributed by atoms with Gasteiger partial charge in [-0.2, -0.15) is 0 Å². The van der Waals surface area contributed by atoms with Gasteiger partial charge in [0.1, 0.15) is 28.6 Å². The summed E-state index contributed by atoms with van der Waals surface area (Å²) in [7, 11) is 0. The fraction of sp³-hybridized carbons (Fsp3) is 0.273. The number of furan rings is 1. The standard InChI is InChI=1S/C22H17ClF3NO4S/c1-9-7-12(28)17(22(29)30-9)11-8-15(32-6-5-27-11)13-3-4-14(31-13)16-10(2)19(24)21(26)20(25)18(16)23/h3-4,7,15,28H,5-6,8H2,1-2H3. The molecule has 0 radical (unpaired) electrons. The van der Waals surface area contributed by atoms with Crippen LogP contribution in [-0.4, -0.2) is 23.1 Å². The van der Waals surface area contributed by atoms with Crippen LogP contribution in [0.1, 0.15) is 34.3 Å². The lowest BCUT2D eigenvalue weighted by Gasteiger charge is -2.13. The molecule has 0 spiro atoms. The first-order valence-corrected chi connectivity index (χ1v) is 11.0. The van der Waals surface area contributed by atoms with Gasteiger partial charge in [0.25, 0.3) is 0 Å². The second-order valence-corrected chi connectivity index (χ2v) is 8.94. The Balaban J connectivity index is 1.70. The largest absolute Gasteiger partial charge is 0.507 e. The molecule has 3 heterocycles. The van der Waals surface area contributed by atoms with Crippen LogP contribution in [0.5, 0.6) is 5.75 Å². The molecule has 1 atom stereocenters. The van der Waals surface area contributed by atoms with Gasteiger partial charge in [-0.25, -0.2) is 18.0 Å². The van der Waals surface area contributed by atoms with Crippen molar-refractivity contribution >= 4 is 29.1 Å². The fourth-order valence-electron chi connectivity index (χ4n) is 3.59. The highest BCUT2D eigenvalue weighted by molar-refractivity contribution is 7.99. The maximum Gasteiger partial charge on any atom is 0.348 e. The van der Waals surface area contributed by atoms with Crippen LogP contribution in [0.15, 0.2) is 36.8 Å². The van der Waals surface area contributed by atoms with Gasteiger partial charge >= 0.3 is 5.63 Å². The van der Waals surface area contributed by atoms with Crippen molar-refractivity contribution in [1.82, 2.24) is 0 Å².